The van der Waals surface area contributed by atoms with Gasteiger partial charge >= 0.3 is 0 Å². The van der Waals surface area contributed by atoms with Crippen LogP contribution in [0.25, 0.3) is 0 Å². The molecule has 0 radical (unpaired) electrons. The molecule has 1 aliphatic carbocycles. The third-order valence-corrected chi connectivity index (χ3v) is 5.74. The first kappa shape index (κ1) is 13.1. The first-order valence-electron chi connectivity index (χ1n) is 5.74. The van der Waals surface area contributed by atoms with Crippen molar-refractivity contribution in [1.82, 2.24) is 9.78 Å². The van der Waals surface area contributed by atoms with Gasteiger partial charge in [-0.2, -0.15) is 5.10 Å². The van der Waals surface area contributed by atoms with Crippen molar-refractivity contribution in [2.75, 3.05) is 11.6 Å². The zero-order chi connectivity index (χ0) is 12.5. The highest BCUT2D eigenvalue weighted by molar-refractivity contribution is 9.09. The van der Waals surface area contributed by atoms with E-state index in [0.29, 0.717) is 4.90 Å². The second kappa shape index (κ2) is 4.72. The second-order valence-corrected chi connectivity index (χ2v) is 7.56. The van der Waals surface area contributed by atoms with Crippen LogP contribution in [0, 0.1) is 5.41 Å². The average Bonchev–Trinajstić information content (AvgIpc) is 2.87. The van der Waals surface area contributed by atoms with E-state index in [4.69, 9.17) is 0 Å². The monoisotopic (exact) mass is 320 g/mol. The predicted molar refractivity (Wildman–Crippen MR) is 70.0 cm³/mol. The summed E-state index contributed by atoms with van der Waals surface area (Å²) in [4.78, 5) is 0.306. The van der Waals surface area contributed by atoms with E-state index in [1.807, 2.05) is 0 Å². The first-order valence-corrected chi connectivity index (χ1v) is 8.75. The Balaban J connectivity index is 2.16. The van der Waals surface area contributed by atoms with E-state index in [1.54, 1.807) is 10.9 Å². The van der Waals surface area contributed by atoms with E-state index < -0.39 is 9.84 Å². The zero-order valence-corrected chi connectivity index (χ0v) is 12.3. The van der Waals surface area contributed by atoms with Gasteiger partial charge in [0.1, 0.15) is 4.90 Å². The molecule has 0 amide bonds. The van der Waals surface area contributed by atoms with E-state index in [1.165, 1.54) is 38.1 Å². The molecule has 1 aromatic heterocycles. The van der Waals surface area contributed by atoms with Crippen LogP contribution in [0.1, 0.15) is 25.7 Å². The molecule has 1 aromatic rings. The van der Waals surface area contributed by atoms with E-state index in [0.717, 1.165) is 11.9 Å². The van der Waals surface area contributed by atoms with Crippen molar-refractivity contribution in [1.29, 1.82) is 0 Å². The molecule has 1 saturated carbocycles. The molecule has 1 fully saturated rings. The predicted octanol–water partition coefficient (Wildman–Crippen LogP) is 2.24. The van der Waals surface area contributed by atoms with Crippen LogP contribution < -0.4 is 0 Å². The lowest BCUT2D eigenvalue weighted by Crippen LogP contribution is -2.25. The molecule has 96 valence electrons. The van der Waals surface area contributed by atoms with E-state index >= 15 is 0 Å². The number of rotatable bonds is 4. The van der Waals surface area contributed by atoms with Crippen molar-refractivity contribution in [2.45, 2.75) is 37.1 Å². The van der Waals surface area contributed by atoms with Crippen molar-refractivity contribution >= 4 is 25.8 Å². The average molecular weight is 321 g/mol. The number of hydrogen-bond acceptors (Lipinski definition) is 3. The Morgan fingerprint density at radius 1 is 1.47 bits per heavy atom. The Bertz CT molecular complexity index is 489. The van der Waals surface area contributed by atoms with Gasteiger partial charge in [0, 0.05) is 24.3 Å². The Morgan fingerprint density at radius 2 is 2.12 bits per heavy atom. The van der Waals surface area contributed by atoms with Gasteiger partial charge in [-0.05, 0) is 18.3 Å². The Morgan fingerprint density at radius 3 is 2.59 bits per heavy atom. The summed E-state index contributed by atoms with van der Waals surface area (Å²) in [5.74, 6) is 0. The third kappa shape index (κ3) is 2.91. The number of nitrogens with zero attached hydrogens (tertiary/aromatic N) is 2. The lowest BCUT2D eigenvalue weighted by Gasteiger charge is -2.26. The number of aromatic nitrogens is 2. The van der Waals surface area contributed by atoms with Crippen LogP contribution in [0.3, 0.4) is 0 Å². The molecule has 0 bridgehead atoms. The van der Waals surface area contributed by atoms with E-state index in [9.17, 15) is 8.42 Å². The van der Waals surface area contributed by atoms with Crippen molar-refractivity contribution in [3.05, 3.63) is 12.4 Å². The molecule has 6 heteroatoms. The van der Waals surface area contributed by atoms with Crippen LogP contribution in [0.5, 0.6) is 0 Å². The minimum Gasteiger partial charge on any atom is -0.271 e. The van der Waals surface area contributed by atoms with Gasteiger partial charge in [0.05, 0.1) is 6.20 Å². The molecule has 2 rings (SSSR count). The largest absolute Gasteiger partial charge is 0.271 e. The Kier molecular flexibility index (Phi) is 3.63. The maximum absolute atomic E-state index is 11.4. The van der Waals surface area contributed by atoms with Crippen LogP contribution >= 0.6 is 15.9 Å². The van der Waals surface area contributed by atoms with E-state index in [2.05, 4.69) is 21.0 Å². The molecular formula is C11H17BrN2O2S. The summed E-state index contributed by atoms with van der Waals surface area (Å²) in [5, 5.41) is 5.11. The summed E-state index contributed by atoms with van der Waals surface area (Å²) < 4.78 is 24.5. The van der Waals surface area contributed by atoms with Crippen LogP contribution in [0.15, 0.2) is 17.3 Å². The van der Waals surface area contributed by atoms with Gasteiger partial charge < -0.3 is 0 Å². The maximum Gasteiger partial charge on any atom is 0.178 e. The Hall–Kier alpha value is -0.360. The third-order valence-electron chi connectivity index (χ3n) is 3.48. The Labute approximate surface area is 110 Å². The molecule has 0 atom stereocenters. The summed E-state index contributed by atoms with van der Waals surface area (Å²) in [5.41, 5.74) is 0.251. The summed E-state index contributed by atoms with van der Waals surface area (Å²) in [6, 6.07) is 0. The summed E-state index contributed by atoms with van der Waals surface area (Å²) in [7, 11) is -3.14. The van der Waals surface area contributed by atoms with Gasteiger partial charge in [-0.3, -0.25) is 4.68 Å². The molecule has 1 aliphatic rings. The summed E-state index contributed by atoms with van der Waals surface area (Å²) in [6.45, 7) is 0.799. The molecule has 17 heavy (non-hydrogen) atoms. The molecular weight excluding hydrogens is 304 g/mol. The van der Waals surface area contributed by atoms with Crippen LogP contribution in [0.4, 0.5) is 0 Å². The molecule has 1 heterocycles. The number of sulfone groups is 1. The van der Waals surface area contributed by atoms with E-state index in [-0.39, 0.29) is 5.41 Å². The molecule has 4 nitrogen and oxygen atoms in total. The van der Waals surface area contributed by atoms with Gasteiger partial charge in [-0.25, -0.2) is 8.42 Å². The number of alkyl halides is 1. The fraction of sp³-hybridized carbons (Fsp3) is 0.727. The van der Waals surface area contributed by atoms with Crippen molar-refractivity contribution in [3.8, 4) is 0 Å². The highest BCUT2D eigenvalue weighted by Crippen LogP contribution is 2.40. The molecule has 0 aliphatic heterocycles. The quantitative estimate of drug-likeness (QED) is 0.799. The van der Waals surface area contributed by atoms with Crippen molar-refractivity contribution in [2.24, 2.45) is 5.41 Å². The normalized spacial score (nSPS) is 19.6. The van der Waals surface area contributed by atoms with Gasteiger partial charge in [-0.1, -0.05) is 28.8 Å². The lowest BCUT2D eigenvalue weighted by molar-refractivity contribution is 0.278. The van der Waals surface area contributed by atoms with Gasteiger partial charge in [-0.15, -0.1) is 0 Å². The fourth-order valence-electron chi connectivity index (χ4n) is 2.43. The van der Waals surface area contributed by atoms with Gasteiger partial charge in [0.2, 0.25) is 0 Å². The number of hydrogen-bond donors (Lipinski definition) is 0. The molecule has 0 aromatic carbocycles. The van der Waals surface area contributed by atoms with Gasteiger partial charge in [0.25, 0.3) is 0 Å². The summed E-state index contributed by atoms with van der Waals surface area (Å²) in [6.07, 6.45) is 9.17. The number of halogens is 1. The highest BCUT2D eigenvalue weighted by Gasteiger charge is 2.33. The molecule has 0 spiro atoms. The van der Waals surface area contributed by atoms with Crippen LogP contribution in [0.2, 0.25) is 0 Å². The topological polar surface area (TPSA) is 52.0 Å². The van der Waals surface area contributed by atoms with Crippen molar-refractivity contribution < 1.29 is 8.42 Å². The first-order chi connectivity index (χ1) is 7.95. The standard InChI is InChI=1S/C11H17BrN2O2S/c1-17(15,16)10-6-13-14(7-10)9-11(8-12)4-2-3-5-11/h6-7H,2-5,8-9H2,1H3. The highest BCUT2D eigenvalue weighted by atomic mass is 79.9. The molecule has 0 N–H and O–H groups in total. The summed E-state index contributed by atoms with van der Waals surface area (Å²) >= 11 is 3.58. The minimum atomic E-state index is -3.14. The fourth-order valence-corrected chi connectivity index (χ4v) is 3.72. The smallest absolute Gasteiger partial charge is 0.178 e. The van der Waals surface area contributed by atoms with Crippen LogP contribution in [-0.4, -0.2) is 29.8 Å². The minimum absolute atomic E-state index is 0.251. The molecule has 0 saturated heterocycles. The maximum atomic E-state index is 11.4. The second-order valence-electron chi connectivity index (χ2n) is 4.99. The molecule has 0 unspecified atom stereocenters. The van der Waals surface area contributed by atoms with Gasteiger partial charge in [0.15, 0.2) is 9.84 Å². The lowest BCUT2D eigenvalue weighted by atomic mass is 9.89. The zero-order valence-electron chi connectivity index (χ0n) is 9.89. The van der Waals surface area contributed by atoms with Crippen molar-refractivity contribution in [3.63, 3.8) is 0 Å². The van der Waals surface area contributed by atoms with Crippen LogP contribution in [-0.2, 0) is 16.4 Å². The SMILES string of the molecule is CS(=O)(=O)c1cnn(CC2(CBr)CCCC2)c1.